The summed E-state index contributed by atoms with van der Waals surface area (Å²) in [6.07, 6.45) is 0. The molecule has 23 heavy (non-hydrogen) atoms. The van der Waals surface area contributed by atoms with Crippen LogP contribution in [0.15, 0.2) is 30.3 Å². The van der Waals surface area contributed by atoms with Gasteiger partial charge in [-0.05, 0) is 24.3 Å². The van der Waals surface area contributed by atoms with Crippen LogP contribution in [-0.2, 0) is 4.74 Å². The zero-order valence-corrected chi connectivity index (χ0v) is 13.0. The highest BCUT2D eigenvalue weighted by Crippen LogP contribution is 2.24. The third kappa shape index (κ3) is 3.69. The number of aromatic nitrogens is 2. The number of ether oxygens (including phenoxy) is 1. The van der Waals surface area contributed by atoms with Crippen LogP contribution in [0.25, 0.3) is 0 Å². The van der Waals surface area contributed by atoms with E-state index >= 15 is 0 Å². The van der Waals surface area contributed by atoms with Crippen LogP contribution < -0.4 is 10.2 Å². The van der Waals surface area contributed by atoms with Crippen molar-refractivity contribution in [3.63, 3.8) is 0 Å². The molecule has 1 aromatic heterocycles. The maximum absolute atomic E-state index is 11.2. The normalized spacial score (nSPS) is 14.6. The van der Waals surface area contributed by atoms with Crippen molar-refractivity contribution < 1.29 is 14.6 Å². The van der Waals surface area contributed by atoms with E-state index in [-0.39, 0.29) is 10.8 Å². The molecule has 0 aliphatic carbocycles. The van der Waals surface area contributed by atoms with E-state index in [1.165, 1.54) is 6.07 Å². The summed E-state index contributed by atoms with van der Waals surface area (Å²) in [5.74, 6) is -1.17. The lowest BCUT2D eigenvalue weighted by Gasteiger charge is -2.28. The van der Waals surface area contributed by atoms with Crippen molar-refractivity contribution >= 4 is 34.6 Å². The molecule has 2 N–H and O–H groups in total. The van der Waals surface area contributed by atoms with Gasteiger partial charge in [-0.2, -0.15) is 0 Å². The standard InChI is InChI=1S/C15H15ClN4O3/c16-13-9-12(14(15(21)22)19-18-13)17-10-1-3-11(4-2-10)20-5-7-23-8-6-20/h1-4,9H,5-8H2,(H,17,18)(H,21,22). The quantitative estimate of drug-likeness (QED) is 0.887. The summed E-state index contributed by atoms with van der Waals surface area (Å²) in [6.45, 7) is 3.17. The molecule has 2 heterocycles. The van der Waals surface area contributed by atoms with Crippen LogP contribution in [0.3, 0.4) is 0 Å². The van der Waals surface area contributed by atoms with Crippen LogP contribution in [0.4, 0.5) is 17.1 Å². The van der Waals surface area contributed by atoms with E-state index in [0.717, 1.165) is 37.7 Å². The van der Waals surface area contributed by atoms with Crippen molar-refractivity contribution in [2.75, 3.05) is 36.5 Å². The third-order valence-corrected chi connectivity index (χ3v) is 3.67. The molecule has 0 bridgehead atoms. The monoisotopic (exact) mass is 334 g/mol. The van der Waals surface area contributed by atoms with E-state index < -0.39 is 5.97 Å². The first-order valence-corrected chi connectivity index (χ1v) is 7.47. The number of carboxylic acid groups (broad SMARTS) is 1. The molecule has 1 aliphatic heterocycles. The lowest BCUT2D eigenvalue weighted by atomic mass is 10.2. The van der Waals surface area contributed by atoms with Gasteiger partial charge in [-0.15, -0.1) is 10.2 Å². The van der Waals surface area contributed by atoms with Crippen molar-refractivity contribution in [2.45, 2.75) is 0 Å². The Labute approximate surface area is 137 Å². The van der Waals surface area contributed by atoms with E-state index in [9.17, 15) is 4.79 Å². The van der Waals surface area contributed by atoms with E-state index in [1.54, 1.807) is 0 Å². The second kappa shape index (κ2) is 6.80. The molecule has 0 unspecified atom stereocenters. The van der Waals surface area contributed by atoms with E-state index in [2.05, 4.69) is 20.4 Å². The number of nitrogens with one attached hydrogen (secondary N) is 1. The average molecular weight is 335 g/mol. The van der Waals surface area contributed by atoms with Gasteiger partial charge in [0.2, 0.25) is 0 Å². The highest BCUT2D eigenvalue weighted by Gasteiger charge is 2.15. The van der Waals surface area contributed by atoms with Gasteiger partial charge in [-0.3, -0.25) is 0 Å². The van der Waals surface area contributed by atoms with Gasteiger partial charge < -0.3 is 20.1 Å². The molecule has 120 valence electrons. The molecule has 7 nitrogen and oxygen atoms in total. The number of hydrogen-bond donors (Lipinski definition) is 2. The van der Waals surface area contributed by atoms with Gasteiger partial charge in [0.05, 0.1) is 18.9 Å². The predicted molar refractivity (Wildman–Crippen MR) is 86.8 cm³/mol. The van der Waals surface area contributed by atoms with Gasteiger partial charge in [0, 0.05) is 30.5 Å². The van der Waals surface area contributed by atoms with Crippen molar-refractivity contribution in [3.05, 3.63) is 41.2 Å². The summed E-state index contributed by atoms with van der Waals surface area (Å²) in [7, 11) is 0. The molecule has 0 spiro atoms. The minimum atomic E-state index is -1.17. The van der Waals surface area contributed by atoms with Crippen LogP contribution in [-0.4, -0.2) is 47.6 Å². The number of hydrogen-bond acceptors (Lipinski definition) is 6. The fourth-order valence-electron chi connectivity index (χ4n) is 2.35. The van der Waals surface area contributed by atoms with Gasteiger partial charge in [0.25, 0.3) is 0 Å². The molecule has 3 rings (SSSR count). The van der Waals surface area contributed by atoms with Crippen molar-refractivity contribution in [1.29, 1.82) is 0 Å². The molecular weight excluding hydrogens is 320 g/mol. The van der Waals surface area contributed by atoms with E-state index in [1.807, 2.05) is 24.3 Å². The Bertz CT molecular complexity index is 702. The molecule has 1 aliphatic rings. The smallest absolute Gasteiger partial charge is 0.358 e. The van der Waals surface area contributed by atoms with Crippen LogP contribution in [0.2, 0.25) is 5.15 Å². The van der Waals surface area contributed by atoms with Crippen LogP contribution in [0.1, 0.15) is 10.5 Å². The first-order valence-electron chi connectivity index (χ1n) is 7.10. The molecular formula is C15H15ClN4O3. The fourth-order valence-corrected chi connectivity index (χ4v) is 2.50. The highest BCUT2D eigenvalue weighted by atomic mass is 35.5. The molecule has 1 saturated heterocycles. The fraction of sp³-hybridized carbons (Fsp3) is 0.267. The number of anilines is 3. The number of carbonyl (C=O) groups is 1. The minimum Gasteiger partial charge on any atom is -0.476 e. The summed E-state index contributed by atoms with van der Waals surface area (Å²) in [5, 5.41) is 19.4. The number of benzene rings is 1. The highest BCUT2D eigenvalue weighted by molar-refractivity contribution is 6.29. The lowest BCUT2D eigenvalue weighted by molar-refractivity contribution is 0.0690. The zero-order chi connectivity index (χ0) is 16.2. The number of nitrogens with zero attached hydrogens (tertiary/aromatic N) is 3. The summed E-state index contributed by atoms with van der Waals surface area (Å²) < 4.78 is 5.34. The first kappa shape index (κ1) is 15.5. The molecule has 1 fully saturated rings. The number of morpholine rings is 1. The molecule has 8 heteroatoms. The van der Waals surface area contributed by atoms with Crippen molar-refractivity contribution in [2.24, 2.45) is 0 Å². The summed E-state index contributed by atoms with van der Waals surface area (Å²) in [6, 6.07) is 9.15. The van der Waals surface area contributed by atoms with Gasteiger partial charge in [0.15, 0.2) is 10.8 Å². The van der Waals surface area contributed by atoms with Crippen molar-refractivity contribution in [1.82, 2.24) is 10.2 Å². The van der Waals surface area contributed by atoms with Gasteiger partial charge >= 0.3 is 5.97 Å². The molecule has 0 radical (unpaired) electrons. The van der Waals surface area contributed by atoms with Crippen LogP contribution in [0, 0.1) is 0 Å². The Kier molecular flexibility index (Phi) is 4.59. The number of halogens is 1. The molecule has 0 saturated carbocycles. The van der Waals surface area contributed by atoms with Gasteiger partial charge in [-0.1, -0.05) is 11.6 Å². The van der Waals surface area contributed by atoms with Gasteiger partial charge in [0.1, 0.15) is 0 Å². The summed E-state index contributed by atoms with van der Waals surface area (Å²) in [4.78, 5) is 13.4. The Morgan fingerprint density at radius 3 is 2.57 bits per heavy atom. The topological polar surface area (TPSA) is 87.6 Å². The Morgan fingerprint density at radius 2 is 1.91 bits per heavy atom. The number of aromatic carboxylic acids is 1. The maximum Gasteiger partial charge on any atom is 0.358 e. The molecule has 0 atom stereocenters. The second-order valence-electron chi connectivity index (χ2n) is 5.01. The average Bonchev–Trinajstić information content (AvgIpc) is 2.56. The Hall–Kier alpha value is -2.38. The number of rotatable bonds is 4. The Morgan fingerprint density at radius 1 is 1.22 bits per heavy atom. The first-order chi connectivity index (χ1) is 11.1. The largest absolute Gasteiger partial charge is 0.476 e. The maximum atomic E-state index is 11.2. The van der Waals surface area contributed by atoms with Crippen molar-refractivity contribution in [3.8, 4) is 0 Å². The van der Waals surface area contributed by atoms with Crippen LogP contribution >= 0.6 is 11.6 Å². The molecule has 0 amide bonds. The lowest BCUT2D eigenvalue weighted by Crippen LogP contribution is -2.36. The van der Waals surface area contributed by atoms with E-state index in [4.69, 9.17) is 21.4 Å². The number of carboxylic acids is 1. The minimum absolute atomic E-state index is 0.127. The van der Waals surface area contributed by atoms with Gasteiger partial charge in [-0.25, -0.2) is 4.79 Å². The van der Waals surface area contributed by atoms with E-state index in [0.29, 0.717) is 5.69 Å². The SMILES string of the molecule is O=C(O)c1nnc(Cl)cc1Nc1ccc(N2CCOCC2)cc1. The third-order valence-electron chi connectivity index (χ3n) is 3.49. The van der Waals surface area contributed by atoms with Crippen LogP contribution in [0.5, 0.6) is 0 Å². The second-order valence-corrected chi connectivity index (χ2v) is 5.39. The molecule has 1 aromatic carbocycles. The summed E-state index contributed by atoms with van der Waals surface area (Å²) in [5.41, 5.74) is 1.97. The predicted octanol–water partition coefficient (Wildman–Crippen LogP) is 2.41. The summed E-state index contributed by atoms with van der Waals surface area (Å²) >= 11 is 5.79. The Balaban J connectivity index is 1.78. The molecule has 2 aromatic rings. The zero-order valence-electron chi connectivity index (χ0n) is 12.2.